The molecular weight excluding hydrogens is 352 g/mol. The van der Waals surface area contributed by atoms with Crippen LogP contribution in [0.5, 0.6) is 0 Å². The third-order valence-corrected chi connectivity index (χ3v) is 5.97. The molecule has 2 aliphatic rings. The molecule has 1 heterocycles. The van der Waals surface area contributed by atoms with E-state index in [1.807, 2.05) is 25.1 Å². The number of benzene rings is 1. The summed E-state index contributed by atoms with van der Waals surface area (Å²) in [6.45, 7) is 1.81. The number of carbonyl (C=O) groups excluding carboxylic acids is 1. The molecule has 6 heteroatoms. The van der Waals surface area contributed by atoms with Crippen LogP contribution in [0.4, 0.5) is 0 Å². The second-order valence-corrected chi connectivity index (χ2v) is 7.57. The molecule has 2 bridgehead atoms. The minimum atomic E-state index is -0.564. The molecule has 4 rings (SSSR count). The smallest absolute Gasteiger partial charge is 0.349 e. The largest absolute Gasteiger partial charge is 0.422 e. The van der Waals surface area contributed by atoms with Crippen molar-refractivity contribution in [2.75, 3.05) is 0 Å². The van der Waals surface area contributed by atoms with Crippen molar-refractivity contribution in [3.63, 3.8) is 0 Å². The summed E-state index contributed by atoms with van der Waals surface area (Å²) in [4.78, 5) is 25.3. The molecule has 1 amide bonds. The molecule has 1 aromatic heterocycles. The lowest BCUT2D eigenvalue weighted by atomic mass is 9.67. The SMILES string of the molecule is Cc1c(C(=O)NC2C3CCCC2CC(N)C3)c(=O)oc2ccccc12.Cl. The number of amides is 1. The number of carbonyl (C=O) groups is 1. The predicted molar refractivity (Wildman–Crippen MR) is 104 cm³/mol. The molecule has 2 atom stereocenters. The molecule has 1 aromatic carbocycles. The summed E-state index contributed by atoms with van der Waals surface area (Å²) in [7, 11) is 0. The van der Waals surface area contributed by atoms with Gasteiger partial charge in [-0.25, -0.2) is 4.79 Å². The highest BCUT2D eigenvalue weighted by atomic mass is 35.5. The Kier molecular flexibility index (Phi) is 5.39. The van der Waals surface area contributed by atoms with Gasteiger partial charge in [0, 0.05) is 17.5 Å². The molecule has 0 saturated heterocycles. The number of hydrogen-bond acceptors (Lipinski definition) is 4. The maximum absolute atomic E-state index is 12.9. The van der Waals surface area contributed by atoms with E-state index in [1.54, 1.807) is 6.07 Å². The van der Waals surface area contributed by atoms with Gasteiger partial charge < -0.3 is 15.5 Å². The van der Waals surface area contributed by atoms with Gasteiger partial charge in [-0.2, -0.15) is 0 Å². The van der Waals surface area contributed by atoms with Crippen LogP contribution in [0.2, 0.25) is 0 Å². The van der Waals surface area contributed by atoms with Crippen molar-refractivity contribution >= 4 is 29.3 Å². The molecule has 2 aromatic rings. The van der Waals surface area contributed by atoms with E-state index in [-0.39, 0.29) is 36.0 Å². The highest BCUT2D eigenvalue weighted by molar-refractivity contribution is 5.99. The third-order valence-electron chi connectivity index (χ3n) is 5.97. The summed E-state index contributed by atoms with van der Waals surface area (Å²) in [5, 5.41) is 3.95. The molecule has 5 nitrogen and oxygen atoms in total. The lowest BCUT2D eigenvalue weighted by Crippen LogP contribution is -2.54. The first-order valence-electron chi connectivity index (χ1n) is 9.13. The Bertz CT molecular complexity index is 865. The Hall–Kier alpha value is -1.85. The van der Waals surface area contributed by atoms with Crippen molar-refractivity contribution in [3.05, 3.63) is 45.8 Å². The highest BCUT2D eigenvalue weighted by Gasteiger charge is 2.40. The minimum Gasteiger partial charge on any atom is -0.422 e. The summed E-state index contributed by atoms with van der Waals surface area (Å²) in [6.07, 6.45) is 5.30. The Morgan fingerprint density at radius 1 is 1.19 bits per heavy atom. The third kappa shape index (κ3) is 3.26. The number of rotatable bonds is 2. The van der Waals surface area contributed by atoms with Crippen LogP contribution in [0.1, 0.15) is 48.0 Å². The summed E-state index contributed by atoms with van der Waals surface area (Å²) >= 11 is 0. The zero-order valence-electron chi connectivity index (χ0n) is 14.9. The Labute approximate surface area is 158 Å². The average molecular weight is 377 g/mol. The van der Waals surface area contributed by atoms with Gasteiger partial charge in [0.15, 0.2) is 0 Å². The van der Waals surface area contributed by atoms with E-state index in [0.29, 0.717) is 23.0 Å². The van der Waals surface area contributed by atoms with Crippen LogP contribution in [-0.2, 0) is 0 Å². The van der Waals surface area contributed by atoms with Gasteiger partial charge in [0.05, 0.1) is 0 Å². The van der Waals surface area contributed by atoms with E-state index >= 15 is 0 Å². The van der Waals surface area contributed by atoms with Crippen LogP contribution in [-0.4, -0.2) is 18.0 Å². The number of hydrogen-bond donors (Lipinski definition) is 2. The molecule has 0 spiro atoms. The van der Waals surface area contributed by atoms with Crippen LogP contribution < -0.4 is 16.7 Å². The molecule has 26 heavy (non-hydrogen) atoms. The van der Waals surface area contributed by atoms with Gasteiger partial charge in [-0.05, 0) is 56.1 Å². The number of aryl methyl sites for hydroxylation is 1. The molecule has 2 unspecified atom stereocenters. The number of para-hydroxylation sites is 1. The molecule has 140 valence electrons. The lowest BCUT2D eigenvalue weighted by Gasteiger charge is -2.45. The van der Waals surface area contributed by atoms with Crippen molar-refractivity contribution in [1.82, 2.24) is 5.32 Å². The number of nitrogens with two attached hydrogens (primary N) is 1. The average Bonchev–Trinajstić information content (AvgIpc) is 2.55. The van der Waals surface area contributed by atoms with E-state index in [9.17, 15) is 9.59 Å². The molecule has 2 aliphatic carbocycles. The van der Waals surface area contributed by atoms with Gasteiger partial charge in [0.1, 0.15) is 11.1 Å². The van der Waals surface area contributed by atoms with Crippen LogP contribution >= 0.6 is 12.4 Å². The predicted octanol–water partition coefficient (Wildman–Crippen LogP) is 3.16. The lowest BCUT2D eigenvalue weighted by molar-refractivity contribution is 0.0752. The molecule has 2 saturated carbocycles. The van der Waals surface area contributed by atoms with E-state index in [0.717, 1.165) is 31.1 Å². The monoisotopic (exact) mass is 376 g/mol. The Balaban J connectivity index is 0.00000196. The van der Waals surface area contributed by atoms with Crippen LogP contribution in [0, 0.1) is 18.8 Å². The molecule has 2 fully saturated rings. The van der Waals surface area contributed by atoms with E-state index in [4.69, 9.17) is 10.2 Å². The highest BCUT2D eigenvalue weighted by Crippen LogP contribution is 2.39. The van der Waals surface area contributed by atoms with Gasteiger partial charge in [-0.15, -0.1) is 12.4 Å². The normalized spacial score (nSPS) is 27.6. The first-order chi connectivity index (χ1) is 12.0. The van der Waals surface area contributed by atoms with E-state index < -0.39 is 5.63 Å². The molecule has 0 aliphatic heterocycles. The summed E-state index contributed by atoms with van der Waals surface area (Å²) in [6, 6.07) is 7.67. The van der Waals surface area contributed by atoms with E-state index in [1.165, 1.54) is 6.42 Å². The topological polar surface area (TPSA) is 85.3 Å². The standard InChI is InChI=1S/C20H24N2O3.ClH/c1-11-15-7-2-3-8-16(15)25-20(24)17(11)19(23)22-18-12-5-4-6-13(18)10-14(21)9-12;/h2-3,7-8,12-14,18H,4-6,9-10,21H2,1H3,(H,22,23);1H. The van der Waals surface area contributed by atoms with Crippen molar-refractivity contribution in [3.8, 4) is 0 Å². The summed E-state index contributed by atoms with van der Waals surface area (Å²) in [5.41, 5.74) is 6.93. The van der Waals surface area contributed by atoms with Crippen molar-refractivity contribution in [1.29, 1.82) is 0 Å². The Morgan fingerprint density at radius 3 is 2.54 bits per heavy atom. The van der Waals surface area contributed by atoms with Crippen LogP contribution in [0.3, 0.4) is 0 Å². The van der Waals surface area contributed by atoms with Gasteiger partial charge in [-0.1, -0.05) is 24.6 Å². The maximum atomic E-state index is 12.9. The zero-order valence-corrected chi connectivity index (χ0v) is 15.7. The summed E-state index contributed by atoms with van der Waals surface area (Å²) < 4.78 is 5.36. The van der Waals surface area contributed by atoms with Gasteiger partial charge in [0.2, 0.25) is 0 Å². The van der Waals surface area contributed by atoms with Crippen molar-refractivity contribution < 1.29 is 9.21 Å². The Morgan fingerprint density at radius 2 is 1.85 bits per heavy atom. The minimum absolute atomic E-state index is 0. The molecule has 3 N–H and O–H groups in total. The maximum Gasteiger partial charge on any atom is 0.349 e. The van der Waals surface area contributed by atoms with Gasteiger partial charge in [-0.3, -0.25) is 4.79 Å². The van der Waals surface area contributed by atoms with Crippen molar-refractivity contribution in [2.24, 2.45) is 17.6 Å². The van der Waals surface area contributed by atoms with Crippen LogP contribution in [0.15, 0.2) is 33.5 Å². The summed E-state index contributed by atoms with van der Waals surface area (Å²) in [5.74, 6) is 0.521. The fourth-order valence-electron chi connectivity index (χ4n) is 4.82. The van der Waals surface area contributed by atoms with Gasteiger partial charge in [0.25, 0.3) is 5.91 Å². The second-order valence-electron chi connectivity index (χ2n) is 7.57. The fraction of sp³-hybridized carbons (Fsp3) is 0.500. The first kappa shape index (κ1) is 18.9. The zero-order chi connectivity index (χ0) is 17.6. The molecular formula is C20H25ClN2O3. The quantitative estimate of drug-likeness (QED) is 0.788. The number of nitrogens with one attached hydrogen (secondary N) is 1. The molecule has 0 radical (unpaired) electrons. The van der Waals surface area contributed by atoms with Crippen molar-refractivity contribution in [2.45, 2.75) is 51.1 Å². The van der Waals surface area contributed by atoms with Crippen LogP contribution in [0.25, 0.3) is 11.0 Å². The second kappa shape index (κ2) is 7.41. The number of fused-ring (bicyclic) bond motifs is 3. The fourth-order valence-corrected chi connectivity index (χ4v) is 4.82. The van der Waals surface area contributed by atoms with Gasteiger partial charge >= 0.3 is 5.63 Å². The van der Waals surface area contributed by atoms with E-state index in [2.05, 4.69) is 5.32 Å². The number of halogens is 1. The first-order valence-corrected chi connectivity index (χ1v) is 9.13.